The SMILES string of the molecule is O=C(O)c1ncc(-c2c(Cl)cc(Cl)cc2Cl)cc1F. The van der Waals surface area contributed by atoms with Gasteiger partial charge in [0.25, 0.3) is 0 Å². The first-order valence-electron chi connectivity index (χ1n) is 4.94. The third-order valence-corrected chi connectivity index (χ3v) is 3.15. The lowest BCUT2D eigenvalue weighted by Gasteiger charge is -2.08. The van der Waals surface area contributed by atoms with Crippen molar-refractivity contribution in [3.63, 3.8) is 0 Å². The van der Waals surface area contributed by atoms with Crippen LogP contribution in [0, 0.1) is 5.82 Å². The first-order valence-corrected chi connectivity index (χ1v) is 6.07. The molecule has 0 radical (unpaired) electrons. The molecule has 0 aliphatic carbocycles. The van der Waals surface area contributed by atoms with Gasteiger partial charge in [0.15, 0.2) is 11.5 Å². The van der Waals surface area contributed by atoms with E-state index in [-0.39, 0.29) is 15.6 Å². The molecule has 19 heavy (non-hydrogen) atoms. The fraction of sp³-hybridized carbons (Fsp3) is 0. The van der Waals surface area contributed by atoms with Gasteiger partial charge in [-0.1, -0.05) is 34.8 Å². The molecule has 98 valence electrons. The number of benzene rings is 1. The van der Waals surface area contributed by atoms with Gasteiger partial charge >= 0.3 is 5.97 Å². The second-order valence-corrected chi connectivity index (χ2v) is 4.85. The van der Waals surface area contributed by atoms with Crippen LogP contribution in [0.2, 0.25) is 15.1 Å². The van der Waals surface area contributed by atoms with Gasteiger partial charge in [0.05, 0.1) is 10.0 Å². The number of hydrogen-bond acceptors (Lipinski definition) is 2. The molecule has 0 amide bonds. The summed E-state index contributed by atoms with van der Waals surface area (Å²) in [6.07, 6.45) is 1.19. The summed E-state index contributed by atoms with van der Waals surface area (Å²) in [5, 5.41) is 9.49. The van der Waals surface area contributed by atoms with Crippen LogP contribution in [0.25, 0.3) is 11.1 Å². The Balaban J connectivity index is 2.61. The highest BCUT2D eigenvalue weighted by Gasteiger charge is 2.16. The summed E-state index contributed by atoms with van der Waals surface area (Å²) in [7, 11) is 0. The number of carbonyl (C=O) groups is 1. The number of carboxylic acid groups (broad SMARTS) is 1. The maximum Gasteiger partial charge on any atom is 0.357 e. The summed E-state index contributed by atoms with van der Waals surface area (Å²) >= 11 is 17.7. The molecule has 0 aliphatic rings. The van der Waals surface area contributed by atoms with Crippen LogP contribution in [0.15, 0.2) is 24.4 Å². The number of carboxylic acids is 1. The van der Waals surface area contributed by atoms with Gasteiger partial charge in [-0.25, -0.2) is 14.2 Å². The molecule has 0 atom stereocenters. The Bertz CT molecular complexity index is 653. The van der Waals surface area contributed by atoms with E-state index in [0.29, 0.717) is 10.6 Å². The molecule has 1 N–H and O–H groups in total. The van der Waals surface area contributed by atoms with Gasteiger partial charge in [-0.2, -0.15) is 0 Å². The largest absolute Gasteiger partial charge is 0.476 e. The summed E-state index contributed by atoms with van der Waals surface area (Å²) < 4.78 is 13.6. The predicted molar refractivity (Wildman–Crippen MR) is 71.6 cm³/mol. The summed E-state index contributed by atoms with van der Waals surface area (Å²) in [5.41, 5.74) is -0.0461. The van der Waals surface area contributed by atoms with E-state index in [4.69, 9.17) is 39.9 Å². The van der Waals surface area contributed by atoms with Crippen molar-refractivity contribution in [3.8, 4) is 11.1 Å². The summed E-state index contributed by atoms with van der Waals surface area (Å²) in [4.78, 5) is 14.2. The predicted octanol–water partition coefficient (Wildman–Crippen LogP) is 4.55. The molecule has 1 heterocycles. The zero-order chi connectivity index (χ0) is 14.2. The number of halogens is 4. The average Bonchev–Trinajstić information content (AvgIpc) is 2.26. The molecule has 2 rings (SSSR count). The quantitative estimate of drug-likeness (QED) is 0.883. The zero-order valence-electron chi connectivity index (χ0n) is 9.12. The minimum absolute atomic E-state index is 0.224. The molecule has 3 nitrogen and oxygen atoms in total. The molecule has 1 aromatic carbocycles. The second-order valence-electron chi connectivity index (χ2n) is 3.60. The van der Waals surface area contributed by atoms with Crippen LogP contribution >= 0.6 is 34.8 Å². The highest BCUT2D eigenvalue weighted by atomic mass is 35.5. The Morgan fingerprint density at radius 1 is 1.16 bits per heavy atom. The van der Waals surface area contributed by atoms with Crippen molar-refractivity contribution in [3.05, 3.63) is 51.0 Å². The molecule has 0 spiro atoms. The Hall–Kier alpha value is -1.36. The Labute approximate surface area is 122 Å². The average molecular weight is 321 g/mol. The minimum Gasteiger partial charge on any atom is -0.476 e. The molecule has 7 heteroatoms. The highest BCUT2D eigenvalue weighted by Crippen LogP contribution is 2.37. The maximum absolute atomic E-state index is 13.6. The highest BCUT2D eigenvalue weighted by molar-refractivity contribution is 6.41. The number of aromatic carboxylic acids is 1. The van der Waals surface area contributed by atoms with E-state index < -0.39 is 17.5 Å². The van der Waals surface area contributed by atoms with Crippen LogP contribution in [-0.4, -0.2) is 16.1 Å². The van der Waals surface area contributed by atoms with Crippen molar-refractivity contribution in [2.24, 2.45) is 0 Å². The molecule has 0 fully saturated rings. The van der Waals surface area contributed by atoms with Crippen LogP contribution in [0.1, 0.15) is 10.5 Å². The Morgan fingerprint density at radius 2 is 1.74 bits per heavy atom. The summed E-state index contributed by atoms with van der Waals surface area (Å²) in [6.45, 7) is 0. The van der Waals surface area contributed by atoms with Gasteiger partial charge in [0.1, 0.15) is 0 Å². The maximum atomic E-state index is 13.6. The van der Waals surface area contributed by atoms with Gasteiger partial charge in [-0.15, -0.1) is 0 Å². The fourth-order valence-corrected chi connectivity index (χ4v) is 2.59. The fourth-order valence-electron chi connectivity index (χ4n) is 1.55. The molecule has 0 saturated heterocycles. The topological polar surface area (TPSA) is 50.2 Å². The van der Waals surface area contributed by atoms with Gasteiger partial charge in [-0.3, -0.25) is 0 Å². The van der Waals surface area contributed by atoms with Gasteiger partial charge in [-0.05, 0) is 18.2 Å². The normalized spacial score (nSPS) is 10.5. The summed E-state index contributed by atoms with van der Waals surface area (Å²) in [6, 6.07) is 3.91. The van der Waals surface area contributed by atoms with Gasteiger partial charge < -0.3 is 5.11 Å². The van der Waals surface area contributed by atoms with Crippen LogP contribution in [0.3, 0.4) is 0 Å². The van der Waals surface area contributed by atoms with Crippen molar-refractivity contribution in [1.29, 1.82) is 0 Å². The molecule has 0 saturated carbocycles. The second kappa shape index (κ2) is 5.33. The third-order valence-electron chi connectivity index (χ3n) is 2.34. The number of aromatic nitrogens is 1. The minimum atomic E-state index is -1.45. The van der Waals surface area contributed by atoms with E-state index >= 15 is 0 Å². The van der Waals surface area contributed by atoms with Crippen LogP contribution in [-0.2, 0) is 0 Å². The van der Waals surface area contributed by atoms with Crippen molar-refractivity contribution < 1.29 is 14.3 Å². The standard InChI is InChI=1S/C12H5Cl3FNO2/c13-6-2-7(14)10(8(15)3-6)5-1-9(16)11(12(18)19)17-4-5/h1-4H,(H,18,19). The molecular weight excluding hydrogens is 315 g/mol. The van der Waals surface area contributed by atoms with E-state index in [1.807, 2.05) is 0 Å². The molecule has 0 aliphatic heterocycles. The monoisotopic (exact) mass is 319 g/mol. The lowest BCUT2D eigenvalue weighted by atomic mass is 10.1. The summed E-state index contributed by atoms with van der Waals surface area (Å²) in [5.74, 6) is -2.41. The van der Waals surface area contributed by atoms with Crippen molar-refractivity contribution in [2.45, 2.75) is 0 Å². The Morgan fingerprint density at radius 3 is 2.21 bits per heavy atom. The molecule has 1 aromatic heterocycles. The Kier molecular flexibility index (Phi) is 3.94. The molecule has 0 unspecified atom stereocenters. The zero-order valence-corrected chi connectivity index (χ0v) is 11.4. The number of pyridine rings is 1. The van der Waals surface area contributed by atoms with Crippen LogP contribution in [0.4, 0.5) is 4.39 Å². The number of hydrogen-bond donors (Lipinski definition) is 1. The van der Waals surface area contributed by atoms with E-state index in [2.05, 4.69) is 4.98 Å². The first-order chi connectivity index (χ1) is 8.90. The van der Waals surface area contributed by atoms with Gasteiger partial charge in [0, 0.05) is 22.3 Å². The smallest absolute Gasteiger partial charge is 0.357 e. The van der Waals surface area contributed by atoms with E-state index in [1.54, 1.807) is 0 Å². The van der Waals surface area contributed by atoms with Crippen molar-refractivity contribution >= 4 is 40.8 Å². The number of nitrogens with zero attached hydrogens (tertiary/aromatic N) is 1. The van der Waals surface area contributed by atoms with E-state index in [0.717, 1.165) is 6.07 Å². The third kappa shape index (κ3) is 2.81. The molecule has 2 aromatic rings. The lowest BCUT2D eigenvalue weighted by molar-refractivity contribution is 0.0685. The first kappa shape index (κ1) is 14.1. The van der Waals surface area contributed by atoms with Crippen LogP contribution < -0.4 is 0 Å². The van der Waals surface area contributed by atoms with E-state index in [1.165, 1.54) is 18.3 Å². The lowest BCUT2D eigenvalue weighted by Crippen LogP contribution is -2.04. The van der Waals surface area contributed by atoms with Gasteiger partial charge in [0.2, 0.25) is 0 Å². The molecule has 0 bridgehead atoms. The van der Waals surface area contributed by atoms with E-state index in [9.17, 15) is 9.18 Å². The van der Waals surface area contributed by atoms with Crippen molar-refractivity contribution in [2.75, 3.05) is 0 Å². The number of rotatable bonds is 2. The van der Waals surface area contributed by atoms with Crippen molar-refractivity contribution in [1.82, 2.24) is 4.98 Å². The molecular formula is C12H5Cl3FNO2. The van der Waals surface area contributed by atoms with Crippen LogP contribution in [0.5, 0.6) is 0 Å².